The van der Waals surface area contributed by atoms with Crippen molar-refractivity contribution in [1.29, 1.82) is 0 Å². The van der Waals surface area contributed by atoms with E-state index in [4.69, 9.17) is 0 Å². The molecule has 4 rings (SSSR count). The van der Waals surface area contributed by atoms with Crippen molar-refractivity contribution in [3.8, 4) is 0 Å². The summed E-state index contributed by atoms with van der Waals surface area (Å²) in [6.07, 6.45) is 8.62. The highest BCUT2D eigenvalue weighted by molar-refractivity contribution is 5.91. The first-order valence-electron chi connectivity index (χ1n) is 10.3. The third-order valence-corrected chi connectivity index (χ3v) is 8.63. The summed E-state index contributed by atoms with van der Waals surface area (Å²) in [6, 6.07) is 0. The second-order valence-electron chi connectivity index (χ2n) is 9.62. The fourth-order valence-electron chi connectivity index (χ4n) is 7.46. The zero-order valence-electron chi connectivity index (χ0n) is 15.9. The molecular formula is C22H32O3. The van der Waals surface area contributed by atoms with E-state index in [0.29, 0.717) is 30.5 Å². The predicted octanol–water partition coefficient (Wildman–Crippen LogP) is 4.08. The van der Waals surface area contributed by atoms with Crippen LogP contribution in [0.4, 0.5) is 0 Å². The van der Waals surface area contributed by atoms with Crippen LogP contribution < -0.4 is 0 Å². The van der Waals surface area contributed by atoms with Gasteiger partial charge in [0, 0.05) is 18.8 Å². The molecule has 138 valence electrons. The van der Waals surface area contributed by atoms with Gasteiger partial charge in [-0.3, -0.25) is 9.59 Å². The Bertz CT molecular complexity index is 635. The Morgan fingerprint density at radius 1 is 1.24 bits per heavy atom. The largest absolute Gasteiger partial charge is 0.393 e. The van der Waals surface area contributed by atoms with Gasteiger partial charge in [0.1, 0.15) is 5.78 Å². The van der Waals surface area contributed by atoms with Crippen molar-refractivity contribution in [3.63, 3.8) is 0 Å². The molecule has 0 heterocycles. The molecule has 4 aliphatic carbocycles. The van der Waals surface area contributed by atoms with Gasteiger partial charge in [0.15, 0.2) is 5.78 Å². The van der Waals surface area contributed by atoms with E-state index < -0.39 is 0 Å². The lowest BCUT2D eigenvalue weighted by atomic mass is 9.46. The van der Waals surface area contributed by atoms with Crippen LogP contribution in [0.1, 0.15) is 72.1 Å². The minimum Gasteiger partial charge on any atom is -0.393 e. The van der Waals surface area contributed by atoms with Crippen LogP contribution in [0, 0.1) is 34.5 Å². The molecule has 3 nitrogen and oxygen atoms in total. The Hall–Kier alpha value is -0.960. The molecule has 0 aromatic rings. The molecule has 0 radical (unpaired) electrons. The number of hydrogen-bond donors (Lipinski definition) is 1. The summed E-state index contributed by atoms with van der Waals surface area (Å²) in [5.41, 5.74) is 1.23. The van der Waals surface area contributed by atoms with E-state index in [1.165, 1.54) is 5.57 Å². The third kappa shape index (κ3) is 2.34. The molecule has 0 aliphatic heterocycles. The predicted molar refractivity (Wildman–Crippen MR) is 96.9 cm³/mol. The normalized spacial score (nSPS) is 49.0. The Balaban J connectivity index is 1.70. The molecule has 25 heavy (non-hydrogen) atoms. The molecule has 0 amide bonds. The highest BCUT2D eigenvalue weighted by atomic mass is 16.3. The lowest BCUT2D eigenvalue weighted by Gasteiger charge is -2.59. The standard InChI is InChI=1S/C22H32O3/c1-4-18(24)17-8-7-16-15-6-5-13-11-14(23)9-10-21(13,2)20(15)19(25)12-22(16,17)3/h11,15-17,19-20,25H,4-10,12H2,1-3H3/t15-,16?,17+,19-,20?,21-,22-/m0/s1. The molecule has 0 aromatic heterocycles. The van der Waals surface area contributed by atoms with Crippen LogP contribution in [0.25, 0.3) is 0 Å². The van der Waals surface area contributed by atoms with E-state index in [1.54, 1.807) is 0 Å². The van der Waals surface area contributed by atoms with Crippen LogP contribution in [-0.4, -0.2) is 22.8 Å². The first-order valence-corrected chi connectivity index (χ1v) is 10.3. The van der Waals surface area contributed by atoms with Gasteiger partial charge in [0.05, 0.1) is 6.10 Å². The Morgan fingerprint density at radius 3 is 2.72 bits per heavy atom. The molecule has 0 saturated heterocycles. The molecule has 0 aromatic carbocycles. The first kappa shape index (κ1) is 17.5. The number of aliphatic hydroxyl groups is 1. The Kier molecular flexibility index (Phi) is 4.03. The van der Waals surface area contributed by atoms with Crippen LogP contribution in [0.5, 0.6) is 0 Å². The molecule has 7 atom stereocenters. The number of ketones is 2. The van der Waals surface area contributed by atoms with Gasteiger partial charge in [-0.2, -0.15) is 0 Å². The van der Waals surface area contributed by atoms with Crippen molar-refractivity contribution in [2.75, 3.05) is 0 Å². The smallest absolute Gasteiger partial charge is 0.155 e. The van der Waals surface area contributed by atoms with Crippen LogP contribution in [0.3, 0.4) is 0 Å². The van der Waals surface area contributed by atoms with Gasteiger partial charge in [-0.15, -0.1) is 0 Å². The summed E-state index contributed by atoms with van der Waals surface area (Å²) in [6.45, 7) is 6.54. The number of Topliss-reactive ketones (excluding diaryl/α,β-unsaturated/α-hetero) is 1. The third-order valence-electron chi connectivity index (χ3n) is 8.63. The van der Waals surface area contributed by atoms with Gasteiger partial charge in [0.2, 0.25) is 0 Å². The van der Waals surface area contributed by atoms with Gasteiger partial charge in [-0.05, 0) is 73.2 Å². The van der Waals surface area contributed by atoms with Gasteiger partial charge in [0.25, 0.3) is 0 Å². The van der Waals surface area contributed by atoms with Gasteiger partial charge < -0.3 is 5.11 Å². The molecule has 0 spiro atoms. The highest BCUT2D eigenvalue weighted by Crippen LogP contribution is 2.66. The van der Waals surface area contributed by atoms with E-state index >= 15 is 0 Å². The Labute approximate surface area is 151 Å². The SMILES string of the molecule is CCC(=O)[C@H]1CCC2[C@@H]3CCC4=CC(=O)CC[C@]4(C)C3[C@@H](O)C[C@@]21C. The molecule has 3 saturated carbocycles. The summed E-state index contributed by atoms with van der Waals surface area (Å²) in [4.78, 5) is 24.4. The van der Waals surface area contributed by atoms with E-state index in [0.717, 1.165) is 38.5 Å². The topological polar surface area (TPSA) is 54.4 Å². The number of rotatable bonds is 2. The second-order valence-corrected chi connectivity index (χ2v) is 9.62. The summed E-state index contributed by atoms with van der Waals surface area (Å²) in [7, 11) is 0. The maximum Gasteiger partial charge on any atom is 0.155 e. The van der Waals surface area contributed by atoms with Gasteiger partial charge >= 0.3 is 0 Å². The van der Waals surface area contributed by atoms with Crippen molar-refractivity contribution in [1.82, 2.24) is 0 Å². The van der Waals surface area contributed by atoms with E-state index in [9.17, 15) is 14.7 Å². The van der Waals surface area contributed by atoms with Crippen molar-refractivity contribution >= 4 is 11.6 Å². The molecule has 1 N–H and O–H groups in total. The van der Waals surface area contributed by atoms with Gasteiger partial charge in [-0.25, -0.2) is 0 Å². The average Bonchev–Trinajstić information content (AvgIpc) is 2.91. The van der Waals surface area contributed by atoms with E-state index in [-0.39, 0.29) is 34.6 Å². The minimum atomic E-state index is -0.349. The highest BCUT2D eigenvalue weighted by Gasteiger charge is 2.62. The fourth-order valence-corrected chi connectivity index (χ4v) is 7.46. The maximum absolute atomic E-state index is 12.5. The number of carbonyl (C=O) groups is 2. The molecular weight excluding hydrogens is 312 g/mol. The molecule has 4 aliphatic rings. The summed E-state index contributed by atoms with van der Waals surface area (Å²) in [5, 5.41) is 11.2. The summed E-state index contributed by atoms with van der Waals surface area (Å²) >= 11 is 0. The van der Waals surface area contributed by atoms with Crippen LogP contribution >= 0.6 is 0 Å². The molecule has 0 bridgehead atoms. The van der Waals surface area contributed by atoms with Crippen LogP contribution in [0.2, 0.25) is 0 Å². The lowest BCUT2D eigenvalue weighted by Crippen LogP contribution is -2.57. The van der Waals surface area contributed by atoms with E-state index in [2.05, 4.69) is 13.8 Å². The number of fused-ring (bicyclic) bond motifs is 5. The van der Waals surface area contributed by atoms with Crippen molar-refractivity contribution in [2.24, 2.45) is 34.5 Å². The summed E-state index contributed by atoms with van der Waals surface area (Å²) in [5.74, 6) is 2.10. The number of carbonyl (C=O) groups excluding carboxylic acids is 2. The first-order chi connectivity index (χ1) is 11.8. The molecule has 2 unspecified atom stereocenters. The number of hydrogen-bond acceptors (Lipinski definition) is 3. The van der Waals surface area contributed by atoms with E-state index in [1.807, 2.05) is 13.0 Å². The summed E-state index contributed by atoms with van der Waals surface area (Å²) < 4.78 is 0. The zero-order valence-corrected chi connectivity index (χ0v) is 15.9. The second kappa shape index (κ2) is 5.77. The van der Waals surface area contributed by atoms with Crippen molar-refractivity contribution in [2.45, 2.75) is 78.2 Å². The lowest BCUT2D eigenvalue weighted by molar-refractivity contribution is -0.144. The molecule has 3 heteroatoms. The van der Waals surface area contributed by atoms with Crippen molar-refractivity contribution < 1.29 is 14.7 Å². The van der Waals surface area contributed by atoms with Crippen LogP contribution in [0.15, 0.2) is 11.6 Å². The average molecular weight is 344 g/mol. The zero-order chi connectivity index (χ0) is 18.0. The quantitative estimate of drug-likeness (QED) is 0.821. The van der Waals surface area contributed by atoms with Crippen LogP contribution in [-0.2, 0) is 9.59 Å². The number of allylic oxidation sites excluding steroid dienone is 1. The minimum absolute atomic E-state index is 0.0234. The monoisotopic (exact) mass is 344 g/mol. The Morgan fingerprint density at radius 2 is 2.00 bits per heavy atom. The fraction of sp³-hybridized carbons (Fsp3) is 0.818. The number of aliphatic hydroxyl groups excluding tert-OH is 1. The van der Waals surface area contributed by atoms with Crippen molar-refractivity contribution in [3.05, 3.63) is 11.6 Å². The molecule has 3 fully saturated rings. The maximum atomic E-state index is 12.5. The van der Waals surface area contributed by atoms with Gasteiger partial charge in [-0.1, -0.05) is 26.3 Å².